The number of halogens is 1. The van der Waals surface area contributed by atoms with Gasteiger partial charge in [-0.05, 0) is 48.4 Å². The number of fused-ring (bicyclic) bond motifs is 1. The van der Waals surface area contributed by atoms with Crippen LogP contribution in [-0.4, -0.2) is 5.78 Å². The van der Waals surface area contributed by atoms with E-state index in [1.165, 1.54) is 0 Å². The van der Waals surface area contributed by atoms with Crippen molar-refractivity contribution < 1.29 is 14.3 Å². The van der Waals surface area contributed by atoms with Gasteiger partial charge in [0.2, 0.25) is 5.78 Å². The van der Waals surface area contributed by atoms with Crippen molar-refractivity contribution in [2.24, 2.45) is 0 Å². The molecule has 27 heavy (non-hydrogen) atoms. The van der Waals surface area contributed by atoms with E-state index in [4.69, 9.17) is 21.1 Å². The zero-order valence-corrected chi connectivity index (χ0v) is 15.5. The minimum Gasteiger partial charge on any atom is -0.488 e. The van der Waals surface area contributed by atoms with Crippen LogP contribution in [0.3, 0.4) is 0 Å². The van der Waals surface area contributed by atoms with Crippen molar-refractivity contribution in [2.45, 2.75) is 13.5 Å². The van der Waals surface area contributed by atoms with Gasteiger partial charge in [-0.1, -0.05) is 54.1 Å². The van der Waals surface area contributed by atoms with Crippen molar-refractivity contribution >= 4 is 23.5 Å². The van der Waals surface area contributed by atoms with E-state index in [2.05, 4.69) is 0 Å². The third kappa shape index (κ3) is 3.60. The van der Waals surface area contributed by atoms with Gasteiger partial charge < -0.3 is 9.47 Å². The number of rotatable bonds is 4. The predicted octanol–water partition coefficient (Wildman–Crippen LogP) is 5.84. The first-order valence-corrected chi connectivity index (χ1v) is 9.00. The second-order valence-electron chi connectivity index (χ2n) is 6.33. The van der Waals surface area contributed by atoms with E-state index in [-0.39, 0.29) is 5.78 Å². The second-order valence-corrected chi connectivity index (χ2v) is 6.77. The highest BCUT2D eigenvalue weighted by Crippen LogP contribution is 2.39. The van der Waals surface area contributed by atoms with Crippen LogP contribution < -0.4 is 9.47 Å². The number of carbonyl (C=O) groups is 1. The van der Waals surface area contributed by atoms with E-state index in [1.807, 2.05) is 55.5 Å². The van der Waals surface area contributed by atoms with Crippen molar-refractivity contribution in [1.29, 1.82) is 0 Å². The quantitative estimate of drug-likeness (QED) is 0.536. The lowest BCUT2D eigenvalue weighted by atomic mass is 10.1. The molecule has 0 fully saturated rings. The lowest BCUT2D eigenvalue weighted by Crippen LogP contribution is -1.98. The van der Waals surface area contributed by atoms with E-state index >= 15 is 0 Å². The maximum Gasteiger partial charge on any atom is 0.231 e. The molecule has 1 aliphatic heterocycles. The van der Waals surface area contributed by atoms with Crippen LogP contribution in [0.2, 0.25) is 5.02 Å². The first kappa shape index (κ1) is 17.4. The molecule has 0 radical (unpaired) electrons. The molecular formula is C23H17ClO3. The van der Waals surface area contributed by atoms with E-state index in [1.54, 1.807) is 24.3 Å². The maximum atomic E-state index is 12.7. The summed E-state index contributed by atoms with van der Waals surface area (Å²) in [5.41, 5.74) is 3.31. The SMILES string of the molecule is Cc1c(OCc2ccccc2)ccc2c1O/C(=C\c1ccc(Cl)cc1)C2=O. The predicted molar refractivity (Wildman–Crippen MR) is 106 cm³/mol. The normalized spacial score (nSPS) is 14.1. The Balaban J connectivity index is 1.58. The molecule has 0 saturated carbocycles. The van der Waals surface area contributed by atoms with Gasteiger partial charge in [-0.3, -0.25) is 4.79 Å². The van der Waals surface area contributed by atoms with Crippen LogP contribution in [0.4, 0.5) is 0 Å². The number of hydrogen-bond acceptors (Lipinski definition) is 3. The molecule has 1 heterocycles. The molecule has 4 heteroatoms. The van der Waals surface area contributed by atoms with E-state index in [0.29, 0.717) is 34.5 Å². The highest BCUT2D eigenvalue weighted by molar-refractivity contribution is 6.30. The molecule has 3 aromatic rings. The van der Waals surface area contributed by atoms with Gasteiger partial charge in [0.15, 0.2) is 5.76 Å². The molecule has 0 spiro atoms. The first-order chi connectivity index (χ1) is 13.1. The first-order valence-electron chi connectivity index (χ1n) is 8.62. The van der Waals surface area contributed by atoms with Crippen molar-refractivity contribution in [3.8, 4) is 11.5 Å². The average molecular weight is 377 g/mol. The summed E-state index contributed by atoms with van der Waals surface area (Å²) in [5.74, 6) is 1.44. The Labute approximate surface area is 162 Å². The van der Waals surface area contributed by atoms with Crippen molar-refractivity contribution in [1.82, 2.24) is 0 Å². The molecule has 1 aliphatic rings. The molecule has 0 saturated heterocycles. The highest BCUT2D eigenvalue weighted by atomic mass is 35.5. The van der Waals surface area contributed by atoms with Gasteiger partial charge in [-0.25, -0.2) is 0 Å². The summed E-state index contributed by atoms with van der Waals surface area (Å²) in [7, 11) is 0. The smallest absolute Gasteiger partial charge is 0.231 e. The summed E-state index contributed by atoms with van der Waals surface area (Å²) in [6.07, 6.45) is 1.72. The van der Waals surface area contributed by atoms with E-state index in [0.717, 1.165) is 16.7 Å². The van der Waals surface area contributed by atoms with Crippen LogP contribution in [0.25, 0.3) is 6.08 Å². The molecule has 134 valence electrons. The number of ketones is 1. The molecule has 0 bridgehead atoms. The Morgan fingerprint density at radius 3 is 2.48 bits per heavy atom. The van der Waals surface area contributed by atoms with Crippen LogP contribution in [0, 0.1) is 6.92 Å². The molecular weight excluding hydrogens is 360 g/mol. The van der Waals surface area contributed by atoms with Gasteiger partial charge in [0.25, 0.3) is 0 Å². The number of ether oxygens (including phenoxy) is 2. The van der Waals surface area contributed by atoms with Crippen molar-refractivity contribution in [3.63, 3.8) is 0 Å². The van der Waals surface area contributed by atoms with Crippen molar-refractivity contribution in [3.05, 3.63) is 99.8 Å². The fourth-order valence-corrected chi connectivity index (χ4v) is 3.10. The maximum absolute atomic E-state index is 12.7. The summed E-state index contributed by atoms with van der Waals surface area (Å²) < 4.78 is 11.8. The van der Waals surface area contributed by atoms with Crippen LogP contribution >= 0.6 is 11.6 Å². The molecule has 0 aromatic heterocycles. The summed E-state index contributed by atoms with van der Waals surface area (Å²) in [6, 6.07) is 20.8. The summed E-state index contributed by atoms with van der Waals surface area (Å²) in [5, 5.41) is 0.648. The summed E-state index contributed by atoms with van der Waals surface area (Å²) >= 11 is 5.91. The zero-order chi connectivity index (χ0) is 18.8. The lowest BCUT2D eigenvalue weighted by molar-refractivity contribution is 0.101. The van der Waals surface area contributed by atoms with Gasteiger partial charge in [0, 0.05) is 10.6 Å². The Kier molecular flexibility index (Phi) is 4.69. The Hall–Kier alpha value is -3.04. The molecule has 0 N–H and O–H groups in total. The zero-order valence-electron chi connectivity index (χ0n) is 14.7. The third-order valence-corrected chi connectivity index (χ3v) is 4.69. The molecule has 0 unspecified atom stereocenters. The topological polar surface area (TPSA) is 35.5 Å². The molecule has 3 nitrogen and oxygen atoms in total. The van der Waals surface area contributed by atoms with Crippen LogP contribution in [0.15, 0.2) is 72.5 Å². The number of benzene rings is 3. The molecule has 3 aromatic carbocycles. The largest absolute Gasteiger partial charge is 0.488 e. The average Bonchev–Trinajstić information content (AvgIpc) is 3.00. The molecule has 0 aliphatic carbocycles. The summed E-state index contributed by atoms with van der Waals surface area (Å²) in [4.78, 5) is 12.7. The Morgan fingerprint density at radius 2 is 1.74 bits per heavy atom. The van der Waals surface area contributed by atoms with Crippen LogP contribution in [0.5, 0.6) is 11.5 Å². The minimum atomic E-state index is -0.127. The standard InChI is InChI=1S/C23H17ClO3/c1-15-20(26-14-17-5-3-2-4-6-17)12-11-19-22(25)21(27-23(15)19)13-16-7-9-18(24)10-8-16/h2-13H,14H2,1H3/b21-13-. The van der Waals surface area contributed by atoms with Gasteiger partial charge >= 0.3 is 0 Å². The number of Topliss-reactive ketones (excluding diaryl/α,β-unsaturated/α-hetero) is 1. The van der Waals surface area contributed by atoms with Crippen LogP contribution in [0.1, 0.15) is 27.0 Å². The van der Waals surface area contributed by atoms with Crippen LogP contribution in [-0.2, 0) is 6.61 Å². The van der Waals surface area contributed by atoms with E-state index < -0.39 is 0 Å². The minimum absolute atomic E-state index is 0.127. The molecule has 4 rings (SSSR count). The van der Waals surface area contributed by atoms with Gasteiger partial charge in [0.05, 0.1) is 5.56 Å². The van der Waals surface area contributed by atoms with Crippen molar-refractivity contribution in [2.75, 3.05) is 0 Å². The third-order valence-electron chi connectivity index (χ3n) is 4.44. The number of allylic oxidation sites excluding steroid dienone is 1. The van der Waals surface area contributed by atoms with E-state index in [9.17, 15) is 4.79 Å². The highest BCUT2D eigenvalue weighted by Gasteiger charge is 2.30. The molecule has 0 amide bonds. The van der Waals surface area contributed by atoms with Gasteiger partial charge in [-0.15, -0.1) is 0 Å². The monoisotopic (exact) mass is 376 g/mol. The summed E-state index contributed by atoms with van der Waals surface area (Å²) in [6.45, 7) is 2.36. The lowest BCUT2D eigenvalue weighted by Gasteiger charge is -2.11. The number of hydrogen-bond donors (Lipinski definition) is 0. The molecule has 0 atom stereocenters. The van der Waals surface area contributed by atoms with Gasteiger partial charge in [-0.2, -0.15) is 0 Å². The number of carbonyl (C=O) groups excluding carboxylic acids is 1. The second kappa shape index (κ2) is 7.29. The Bertz CT molecular complexity index is 1020. The fraction of sp³-hybridized carbons (Fsp3) is 0.0870. The Morgan fingerprint density at radius 1 is 1.00 bits per heavy atom. The van der Waals surface area contributed by atoms with Gasteiger partial charge in [0.1, 0.15) is 18.1 Å². The fourth-order valence-electron chi connectivity index (χ4n) is 2.97.